The average molecular weight is 1070 g/mol. The molecule has 7 saturated heterocycles. The van der Waals surface area contributed by atoms with Gasteiger partial charge in [0.15, 0.2) is 0 Å². The molecule has 0 aromatic heterocycles. The Bertz CT molecular complexity index is 1780. The molecule has 0 aromatic carbocycles. The van der Waals surface area contributed by atoms with Crippen LogP contribution in [0.5, 0.6) is 0 Å². The van der Waals surface area contributed by atoms with Gasteiger partial charge in [-0.2, -0.15) is 0 Å². The molecule has 7 rings (SSSR count). The summed E-state index contributed by atoms with van der Waals surface area (Å²) in [7, 11) is 16.5. The molecule has 0 aromatic rings. The minimum absolute atomic E-state index is 0. The van der Waals surface area contributed by atoms with Gasteiger partial charge in [0.1, 0.15) is 0 Å². The minimum atomic E-state index is -0.0513. The SMILES string of the molecule is C.C.C=CC(=O)N1CC2CN(C)CC21.C=CC(=O)N1CCCN(C)CC1.C=CC(=O)N1CCN(C)C(C)C1.C=CC(=O)N1CCN(C)CC1.C=CC(=O)NC1CCN(C)CC1.CN(C)C/C=C/C(=O)N1CCN(C)CC1. The highest BCUT2D eigenvalue weighted by atomic mass is 16.2. The zero-order valence-electron chi connectivity index (χ0n) is 47.2. The summed E-state index contributed by atoms with van der Waals surface area (Å²) in [5.74, 6) is 1.07. The summed E-state index contributed by atoms with van der Waals surface area (Å²) in [6.45, 7) is 39.1. The van der Waals surface area contributed by atoms with E-state index in [0.29, 0.717) is 18.1 Å². The Kier molecular flexibility index (Phi) is 36.0. The van der Waals surface area contributed by atoms with E-state index in [1.54, 1.807) is 6.08 Å². The lowest BCUT2D eigenvalue weighted by Crippen LogP contribution is -2.57. The fourth-order valence-corrected chi connectivity index (χ4v) is 9.06. The molecule has 7 heterocycles. The summed E-state index contributed by atoms with van der Waals surface area (Å²) in [4.78, 5) is 92.2. The van der Waals surface area contributed by atoms with Crippen molar-refractivity contribution < 1.29 is 28.8 Å². The minimum Gasteiger partial charge on any atom is -0.350 e. The van der Waals surface area contributed by atoms with Gasteiger partial charge in [0.2, 0.25) is 35.4 Å². The number of nitrogens with zero attached hydrogens (tertiary/aromatic N) is 12. The maximum atomic E-state index is 11.7. The summed E-state index contributed by atoms with van der Waals surface area (Å²) in [5.41, 5.74) is 0. The highest BCUT2D eigenvalue weighted by Crippen LogP contribution is 2.31. The third kappa shape index (κ3) is 26.8. The third-order valence-corrected chi connectivity index (χ3v) is 14.3. The lowest BCUT2D eigenvalue weighted by atomic mass is 9.92. The normalized spacial score (nSPS) is 22.5. The monoisotopic (exact) mass is 1070 g/mol. The Morgan fingerprint density at radius 1 is 0.487 bits per heavy atom. The molecule has 76 heavy (non-hydrogen) atoms. The first-order valence-corrected chi connectivity index (χ1v) is 26.5. The summed E-state index contributed by atoms with van der Waals surface area (Å²) in [6, 6.07) is 1.29. The second-order valence-corrected chi connectivity index (χ2v) is 20.7. The molecule has 7 aliphatic rings. The second-order valence-electron chi connectivity index (χ2n) is 20.7. The van der Waals surface area contributed by atoms with Crippen LogP contribution in [0.3, 0.4) is 0 Å². The highest BCUT2D eigenvalue weighted by molar-refractivity contribution is 5.89. The Morgan fingerprint density at radius 2 is 0.921 bits per heavy atom. The van der Waals surface area contributed by atoms with Gasteiger partial charge in [0, 0.05) is 142 Å². The zero-order chi connectivity index (χ0) is 55.3. The van der Waals surface area contributed by atoms with Crippen LogP contribution in [0, 0.1) is 5.92 Å². The predicted molar refractivity (Wildman–Crippen MR) is 313 cm³/mol. The van der Waals surface area contributed by atoms with Crippen molar-refractivity contribution in [1.29, 1.82) is 0 Å². The molecule has 0 bridgehead atoms. The largest absolute Gasteiger partial charge is 0.350 e. The lowest BCUT2D eigenvalue weighted by molar-refractivity contribution is -0.135. The molecule has 0 saturated carbocycles. The fraction of sp³-hybridized carbons (Fsp3) is 0.684. The number of likely N-dealkylation sites (N-methyl/N-ethyl adjacent to an activating group) is 6. The zero-order valence-corrected chi connectivity index (χ0v) is 47.2. The number of likely N-dealkylation sites (tertiary alicyclic amines) is 3. The lowest BCUT2D eigenvalue weighted by Gasteiger charge is -2.43. The number of hydrogen-bond acceptors (Lipinski definition) is 13. The van der Waals surface area contributed by atoms with Crippen LogP contribution in [-0.2, 0) is 28.8 Å². The number of fused-ring (bicyclic) bond motifs is 1. The van der Waals surface area contributed by atoms with Crippen LogP contribution in [0.4, 0.5) is 0 Å². The van der Waals surface area contributed by atoms with Crippen LogP contribution in [-0.4, -0.2) is 306 Å². The Labute approximate surface area is 461 Å². The molecule has 434 valence electrons. The first-order valence-electron chi connectivity index (χ1n) is 26.5. The van der Waals surface area contributed by atoms with Gasteiger partial charge in [-0.3, -0.25) is 28.8 Å². The topological polar surface area (TPSA) is 153 Å². The number of piperazine rings is 3. The molecule has 0 spiro atoms. The molecule has 7 aliphatic heterocycles. The van der Waals surface area contributed by atoms with E-state index in [-0.39, 0.29) is 50.3 Å². The van der Waals surface area contributed by atoms with Crippen LogP contribution in [0.2, 0.25) is 0 Å². The molecule has 0 radical (unpaired) electrons. The number of hydrogen-bond donors (Lipinski definition) is 1. The molecule has 3 unspecified atom stereocenters. The number of nitrogens with one attached hydrogen (secondary N) is 1. The van der Waals surface area contributed by atoms with Gasteiger partial charge >= 0.3 is 0 Å². The van der Waals surface area contributed by atoms with E-state index in [4.69, 9.17) is 0 Å². The predicted octanol–water partition coefficient (Wildman–Crippen LogP) is 2.10. The smallest absolute Gasteiger partial charge is 0.246 e. The van der Waals surface area contributed by atoms with Crippen molar-refractivity contribution in [3.05, 3.63) is 75.4 Å². The molecule has 3 atom stereocenters. The average Bonchev–Trinajstić information content (AvgIpc) is 3.51. The van der Waals surface area contributed by atoms with Crippen molar-refractivity contribution in [1.82, 2.24) is 64.1 Å². The Balaban J connectivity index is 0.000000886. The highest BCUT2D eigenvalue weighted by Gasteiger charge is 2.45. The van der Waals surface area contributed by atoms with Crippen molar-refractivity contribution in [2.75, 3.05) is 194 Å². The van der Waals surface area contributed by atoms with E-state index in [1.165, 1.54) is 30.4 Å². The van der Waals surface area contributed by atoms with E-state index in [1.807, 2.05) is 49.6 Å². The Hall–Kier alpha value is -5.02. The molecule has 1 N–H and O–H groups in total. The number of piperidine rings is 1. The van der Waals surface area contributed by atoms with Gasteiger partial charge in [0.05, 0.1) is 6.04 Å². The quantitative estimate of drug-likeness (QED) is 0.336. The molecule has 0 aliphatic carbocycles. The van der Waals surface area contributed by atoms with Crippen molar-refractivity contribution in [3.63, 3.8) is 0 Å². The van der Waals surface area contributed by atoms with E-state index < -0.39 is 0 Å². The van der Waals surface area contributed by atoms with Crippen LogP contribution < -0.4 is 5.32 Å². The molecule has 19 nitrogen and oxygen atoms in total. The number of carbonyl (C=O) groups is 6. The van der Waals surface area contributed by atoms with Crippen molar-refractivity contribution in [2.24, 2.45) is 5.92 Å². The van der Waals surface area contributed by atoms with Crippen molar-refractivity contribution in [2.45, 2.75) is 59.2 Å². The number of rotatable bonds is 9. The summed E-state index contributed by atoms with van der Waals surface area (Å²) in [5, 5.41) is 2.91. The van der Waals surface area contributed by atoms with Gasteiger partial charge in [-0.1, -0.05) is 53.8 Å². The number of carbonyl (C=O) groups excluding carboxylic acids is 6. The molecule has 6 amide bonds. The van der Waals surface area contributed by atoms with Gasteiger partial charge in [0.25, 0.3) is 0 Å². The third-order valence-electron chi connectivity index (χ3n) is 14.3. The maximum Gasteiger partial charge on any atom is 0.246 e. The molecule has 19 heteroatoms. The van der Waals surface area contributed by atoms with Gasteiger partial charge in [-0.25, -0.2) is 0 Å². The summed E-state index contributed by atoms with van der Waals surface area (Å²) < 4.78 is 0. The molecule has 7 fully saturated rings. The van der Waals surface area contributed by atoms with Crippen LogP contribution in [0.15, 0.2) is 75.4 Å². The first kappa shape index (κ1) is 71.0. The van der Waals surface area contributed by atoms with Crippen LogP contribution >= 0.6 is 0 Å². The maximum absolute atomic E-state index is 11.7. The van der Waals surface area contributed by atoms with Gasteiger partial charge in [-0.15, -0.1) is 0 Å². The molecular formula is C57H105N13O6. The van der Waals surface area contributed by atoms with Gasteiger partial charge < -0.3 is 64.1 Å². The second kappa shape index (κ2) is 38.5. The fourth-order valence-electron chi connectivity index (χ4n) is 9.06. The van der Waals surface area contributed by atoms with Crippen LogP contribution in [0.1, 0.15) is 41.0 Å². The standard InChI is InChI=1S/C11H21N3O.C9H14N2O.3C9H16N2O.C8H14N2O.2CH4/c1-12(2)6-4-5-11(15)14-9-7-13(3)8-10-14;1-3-9(12)11-5-7-4-10(2)6-8(7)11;1-4-9(12)11-6-5-10(3)8(2)7-11;1-3-9(12)10-8-4-6-11(2)7-5-8;1-3-9(12)11-6-4-5-10(2)7-8-11;1-3-8(11)10-6-4-9(2)5-7-10;;/h4-5H,6-10H2,1-3H3;3,7-8H,1,4-6H2,2H3;4,8H,1,5-7H2,2-3H3;3,8H,1,4-7H2,2H3,(H,10,12);3H,1,4-8H2,2H3;3H,1,4-7H2,2H3;2*1H4/b5-4+;;;;;;;. The van der Waals surface area contributed by atoms with E-state index in [2.05, 4.69) is 117 Å². The van der Waals surface area contributed by atoms with Crippen LogP contribution in [0.25, 0.3) is 0 Å². The van der Waals surface area contributed by atoms with Gasteiger partial charge in [-0.05, 0) is 133 Å². The van der Waals surface area contributed by atoms with E-state index in [9.17, 15) is 28.8 Å². The summed E-state index contributed by atoms with van der Waals surface area (Å²) in [6.07, 6.45) is 13.7. The Morgan fingerprint density at radius 3 is 1.37 bits per heavy atom. The first-order chi connectivity index (χ1) is 35.2. The molecular weight excluding hydrogens is 963 g/mol. The van der Waals surface area contributed by atoms with Crippen molar-refractivity contribution in [3.8, 4) is 0 Å². The number of amides is 6. The van der Waals surface area contributed by atoms with E-state index >= 15 is 0 Å². The summed E-state index contributed by atoms with van der Waals surface area (Å²) >= 11 is 0. The van der Waals surface area contributed by atoms with E-state index in [0.717, 1.165) is 163 Å². The van der Waals surface area contributed by atoms with Crippen molar-refractivity contribution >= 4 is 35.4 Å².